The first-order valence-electron chi connectivity index (χ1n) is 4.78. The van der Waals surface area contributed by atoms with E-state index in [0.29, 0.717) is 0 Å². The third-order valence-corrected chi connectivity index (χ3v) is 2.67. The molecule has 1 heteroatoms. The van der Waals surface area contributed by atoms with E-state index in [2.05, 4.69) is 32.9 Å². The van der Waals surface area contributed by atoms with Crippen molar-refractivity contribution in [3.63, 3.8) is 0 Å². The summed E-state index contributed by atoms with van der Waals surface area (Å²) in [5.41, 5.74) is 5.64. The molecule has 0 unspecified atom stereocenters. The molecule has 1 rings (SSSR count). The molecule has 13 heavy (non-hydrogen) atoms. The van der Waals surface area contributed by atoms with Crippen LogP contribution in [0.15, 0.2) is 12.1 Å². The summed E-state index contributed by atoms with van der Waals surface area (Å²) in [5.74, 6) is 0.757. The molecule has 0 fully saturated rings. The molecule has 0 saturated heterocycles. The summed E-state index contributed by atoms with van der Waals surface area (Å²) in [6.07, 6.45) is 2.19. The molecule has 0 aliphatic carbocycles. The summed E-state index contributed by atoms with van der Waals surface area (Å²) >= 11 is 5.69. The smallest absolute Gasteiger partial charge is 0.0226 e. The normalized spacial score (nSPS) is 10.5. The molecule has 0 atom stereocenters. The Kier molecular flexibility index (Phi) is 3.80. The zero-order valence-corrected chi connectivity index (χ0v) is 9.41. The van der Waals surface area contributed by atoms with Gasteiger partial charge >= 0.3 is 0 Å². The Balaban J connectivity index is 2.92. The average molecular weight is 197 g/mol. The molecule has 0 radical (unpaired) electrons. The van der Waals surface area contributed by atoms with Gasteiger partial charge in [-0.25, -0.2) is 0 Å². The monoisotopic (exact) mass is 196 g/mol. The van der Waals surface area contributed by atoms with Gasteiger partial charge in [0, 0.05) is 5.88 Å². The maximum Gasteiger partial charge on any atom is 0.0226 e. The van der Waals surface area contributed by atoms with Crippen molar-refractivity contribution in [1.82, 2.24) is 0 Å². The SMILES string of the molecule is Cc1cc(C)c(CCCCl)c(C)c1. The molecule has 0 nitrogen and oxygen atoms in total. The van der Waals surface area contributed by atoms with Gasteiger partial charge in [0.1, 0.15) is 0 Å². The second kappa shape index (κ2) is 4.66. The summed E-state index contributed by atoms with van der Waals surface area (Å²) in [6.45, 7) is 6.51. The minimum Gasteiger partial charge on any atom is -0.127 e. The van der Waals surface area contributed by atoms with E-state index in [-0.39, 0.29) is 0 Å². The van der Waals surface area contributed by atoms with Crippen molar-refractivity contribution in [2.75, 3.05) is 5.88 Å². The molecule has 0 aliphatic rings. The van der Waals surface area contributed by atoms with Crippen molar-refractivity contribution in [2.45, 2.75) is 33.6 Å². The van der Waals surface area contributed by atoms with Gasteiger partial charge in [0.05, 0.1) is 0 Å². The van der Waals surface area contributed by atoms with Gasteiger partial charge in [0.15, 0.2) is 0 Å². The Morgan fingerprint density at radius 2 is 1.62 bits per heavy atom. The molecule has 0 aromatic heterocycles. The van der Waals surface area contributed by atoms with E-state index < -0.39 is 0 Å². The van der Waals surface area contributed by atoms with Crippen LogP contribution in [0.4, 0.5) is 0 Å². The maximum atomic E-state index is 5.69. The molecular weight excluding hydrogens is 180 g/mol. The Hall–Kier alpha value is -0.490. The van der Waals surface area contributed by atoms with E-state index in [1.165, 1.54) is 22.3 Å². The van der Waals surface area contributed by atoms with Crippen LogP contribution in [0.3, 0.4) is 0 Å². The second-order valence-electron chi connectivity index (χ2n) is 3.67. The fourth-order valence-corrected chi connectivity index (χ4v) is 1.98. The van der Waals surface area contributed by atoms with Crippen molar-refractivity contribution in [3.05, 3.63) is 34.4 Å². The summed E-state index contributed by atoms with van der Waals surface area (Å²) in [7, 11) is 0. The van der Waals surface area contributed by atoms with Crippen molar-refractivity contribution >= 4 is 11.6 Å². The Labute approximate surface area is 85.9 Å². The summed E-state index contributed by atoms with van der Waals surface area (Å²) in [6, 6.07) is 4.49. The molecule has 0 aliphatic heterocycles. The van der Waals surface area contributed by atoms with E-state index >= 15 is 0 Å². The highest BCUT2D eigenvalue weighted by molar-refractivity contribution is 6.17. The Morgan fingerprint density at radius 1 is 1.08 bits per heavy atom. The zero-order chi connectivity index (χ0) is 9.84. The quantitative estimate of drug-likeness (QED) is 0.646. The molecule has 0 N–H and O–H groups in total. The first kappa shape index (κ1) is 10.6. The van der Waals surface area contributed by atoms with Gasteiger partial charge in [-0.2, -0.15) is 0 Å². The minimum atomic E-state index is 0.757. The van der Waals surface area contributed by atoms with Crippen LogP contribution in [-0.2, 0) is 6.42 Å². The number of benzene rings is 1. The lowest BCUT2D eigenvalue weighted by Gasteiger charge is -2.10. The lowest BCUT2D eigenvalue weighted by molar-refractivity contribution is 0.908. The van der Waals surface area contributed by atoms with Crippen LogP contribution in [0.2, 0.25) is 0 Å². The fraction of sp³-hybridized carbons (Fsp3) is 0.500. The van der Waals surface area contributed by atoms with E-state index in [4.69, 9.17) is 11.6 Å². The fourth-order valence-electron chi connectivity index (χ4n) is 1.85. The standard InChI is InChI=1S/C12H17Cl/c1-9-7-10(2)12(5-4-6-13)11(3)8-9/h7-8H,4-6H2,1-3H3. The lowest BCUT2D eigenvalue weighted by Crippen LogP contribution is -1.95. The van der Waals surface area contributed by atoms with Crippen LogP contribution >= 0.6 is 11.6 Å². The number of halogens is 1. The number of hydrogen-bond donors (Lipinski definition) is 0. The van der Waals surface area contributed by atoms with Crippen LogP contribution in [0.1, 0.15) is 28.7 Å². The van der Waals surface area contributed by atoms with Crippen LogP contribution in [0.5, 0.6) is 0 Å². The highest BCUT2D eigenvalue weighted by atomic mass is 35.5. The average Bonchev–Trinajstić information content (AvgIpc) is 2.02. The van der Waals surface area contributed by atoms with E-state index in [1.807, 2.05) is 0 Å². The van der Waals surface area contributed by atoms with Crippen molar-refractivity contribution in [3.8, 4) is 0 Å². The molecule has 0 amide bonds. The molecule has 0 heterocycles. The van der Waals surface area contributed by atoms with Gasteiger partial charge in [0.25, 0.3) is 0 Å². The largest absolute Gasteiger partial charge is 0.127 e. The number of rotatable bonds is 3. The summed E-state index contributed by atoms with van der Waals surface area (Å²) < 4.78 is 0. The van der Waals surface area contributed by atoms with Crippen LogP contribution in [0.25, 0.3) is 0 Å². The van der Waals surface area contributed by atoms with Crippen LogP contribution < -0.4 is 0 Å². The van der Waals surface area contributed by atoms with Gasteiger partial charge < -0.3 is 0 Å². The molecule has 1 aromatic rings. The molecule has 0 spiro atoms. The Morgan fingerprint density at radius 3 is 2.08 bits per heavy atom. The topological polar surface area (TPSA) is 0 Å². The van der Waals surface area contributed by atoms with E-state index in [0.717, 1.165) is 18.7 Å². The van der Waals surface area contributed by atoms with Gasteiger partial charge in [-0.1, -0.05) is 17.7 Å². The molecular formula is C12H17Cl. The zero-order valence-electron chi connectivity index (χ0n) is 8.65. The maximum absolute atomic E-state index is 5.69. The first-order chi connectivity index (χ1) is 6.15. The Bertz CT molecular complexity index is 266. The van der Waals surface area contributed by atoms with E-state index in [9.17, 15) is 0 Å². The van der Waals surface area contributed by atoms with E-state index in [1.54, 1.807) is 0 Å². The molecule has 72 valence electrons. The first-order valence-corrected chi connectivity index (χ1v) is 5.31. The summed E-state index contributed by atoms with van der Waals surface area (Å²) in [4.78, 5) is 0. The van der Waals surface area contributed by atoms with Crippen LogP contribution in [-0.4, -0.2) is 5.88 Å². The van der Waals surface area contributed by atoms with Crippen molar-refractivity contribution in [1.29, 1.82) is 0 Å². The highest BCUT2D eigenvalue weighted by Gasteiger charge is 2.02. The van der Waals surface area contributed by atoms with Gasteiger partial charge in [0.2, 0.25) is 0 Å². The molecule has 1 aromatic carbocycles. The second-order valence-corrected chi connectivity index (χ2v) is 4.05. The third-order valence-electron chi connectivity index (χ3n) is 2.40. The third kappa shape index (κ3) is 2.73. The van der Waals surface area contributed by atoms with Gasteiger partial charge in [-0.3, -0.25) is 0 Å². The lowest BCUT2D eigenvalue weighted by atomic mass is 9.97. The number of aryl methyl sites for hydroxylation is 3. The van der Waals surface area contributed by atoms with Gasteiger partial charge in [-0.05, 0) is 50.3 Å². The van der Waals surface area contributed by atoms with Crippen molar-refractivity contribution in [2.24, 2.45) is 0 Å². The molecule has 0 saturated carbocycles. The van der Waals surface area contributed by atoms with Crippen LogP contribution in [0, 0.1) is 20.8 Å². The minimum absolute atomic E-state index is 0.757. The van der Waals surface area contributed by atoms with Gasteiger partial charge in [-0.15, -0.1) is 11.6 Å². The predicted molar refractivity (Wildman–Crippen MR) is 59.7 cm³/mol. The number of hydrogen-bond acceptors (Lipinski definition) is 0. The molecule has 0 bridgehead atoms. The number of alkyl halides is 1. The highest BCUT2D eigenvalue weighted by Crippen LogP contribution is 2.17. The predicted octanol–water partition coefficient (Wildman–Crippen LogP) is 3.78. The summed E-state index contributed by atoms with van der Waals surface area (Å²) in [5, 5.41) is 0. The van der Waals surface area contributed by atoms with Crippen molar-refractivity contribution < 1.29 is 0 Å².